The third-order valence-electron chi connectivity index (χ3n) is 2.46. The second-order valence-corrected chi connectivity index (χ2v) is 5.24. The minimum absolute atomic E-state index is 0.289. The molecule has 1 heterocycles. The first-order valence-electron chi connectivity index (χ1n) is 5.02. The number of hydrogen-bond donors (Lipinski definition) is 2. The smallest absolute Gasteiger partial charge is 0.279 e. The normalized spacial score (nSPS) is 25.1. The fourth-order valence-corrected chi connectivity index (χ4v) is 2.96. The van der Waals surface area contributed by atoms with Crippen molar-refractivity contribution in [1.29, 1.82) is 0 Å². The summed E-state index contributed by atoms with van der Waals surface area (Å²) in [6.07, 6.45) is 1.98. The van der Waals surface area contributed by atoms with Crippen LogP contribution in [-0.2, 0) is 10.2 Å². The van der Waals surface area contributed by atoms with Crippen molar-refractivity contribution in [1.82, 2.24) is 14.3 Å². The Morgan fingerprint density at radius 1 is 1.50 bits per heavy atom. The third-order valence-corrected chi connectivity index (χ3v) is 4.12. The third kappa shape index (κ3) is 2.91. The second-order valence-electron chi connectivity index (χ2n) is 3.49. The van der Waals surface area contributed by atoms with Gasteiger partial charge in [-0.05, 0) is 19.9 Å². The summed E-state index contributed by atoms with van der Waals surface area (Å²) in [6.45, 7) is 3.44. The predicted octanol–water partition coefficient (Wildman–Crippen LogP) is -0.475. The average Bonchev–Trinajstić information content (AvgIpc) is 2.18. The monoisotopic (exact) mass is 221 g/mol. The van der Waals surface area contributed by atoms with Crippen molar-refractivity contribution in [3.8, 4) is 0 Å². The van der Waals surface area contributed by atoms with Gasteiger partial charge in [-0.1, -0.05) is 6.92 Å². The van der Waals surface area contributed by atoms with E-state index < -0.39 is 10.2 Å². The lowest BCUT2D eigenvalue weighted by Gasteiger charge is -2.31. The number of likely N-dealkylation sites (N-methyl/N-ethyl adjacent to an activating group) is 1. The van der Waals surface area contributed by atoms with E-state index in [9.17, 15) is 8.42 Å². The van der Waals surface area contributed by atoms with E-state index in [1.807, 2.05) is 7.05 Å². The largest absolute Gasteiger partial charge is 0.316 e. The van der Waals surface area contributed by atoms with Gasteiger partial charge in [0.05, 0.1) is 0 Å². The molecule has 6 heteroatoms. The Labute approximate surface area is 86.0 Å². The highest BCUT2D eigenvalue weighted by atomic mass is 32.2. The molecule has 84 valence electrons. The fourth-order valence-electron chi connectivity index (χ4n) is 1.67. The zero-order chi connectivity index (χ0) is 10.6. The highest BCUT2D eigenvalue weighted by Gasteiger charge is 2.27. The van der Waals surface area contributed by atoms with Crippen LogP contribution in [0.1, 0.15) is 19.8 Å². The van der Waals surface area contributed by atoms with Gasteiger partial charge in [-0.25, -0.2) is 4.72 Å². The Kier molecular flexibility index (Phi) is 4.31. The minimum Gasteiger partial charge on any atom is -0.316 e. The zero-order valence-corrected chi connectivity index (χ0v) is 9.60. The quantitative estimate of drug-likeness (QED) is 0.674. The first kappa shape index (κ1) is 11.9. The summed E-state index contributed by atoms with van der Waals surface area (Å²) in [5.74, 6) is 0. The molecular weight excluding hydrogens is 202 g/mol. The summed E-state index contributed by atoms with van der Waals surface area (Å²) in [7, 11) is -1.36. The highest BCUT2D eigenvalue weighted by molar-refractivity contribution is 7.87. The van der Waals surface area contributed by atoms with Gasteiger partial charge in [0.25, 0.3) is 10.2 Å². The van der Waals surface area contributed by atoms with Gasteiger partial charge in [0.1, 0.15) is 0 Å². The van der Waals surface area contributed by atoms with E-state index in [2.05, 4.69) is 10.0 Å². The molecule has 0 aliphatic carbocycles. The topological polar surface area (TPSA) is 61.4 Å². The molecule has 2 N–H and O–H groups in total. The van der Waals surface area contributed by atoms with Crippen molar-refractivity contribution < 1.29 is 8.42 Å². The molecule has 0 aromatic carbocycles. The van der Waals surface area contributed by atoms with E-state index in [0.717, 1.165) is 12.8 Å². The van der Waals surface area contributed by atoms with Crippen molar-refractivity contribution in [2.75, 3.05) is 26.7 Å². The van der Waals surface area contributed by atoms with Crippen LogP contribution in [0.4, 0.5) is 0 Å². The Morgan fingerprint density at radius 3 is 2.79 bits per heavy atom. The van der Waals surface area contributed by atoms with Crippen LogP contribution in [0.15, 0.2) is 0 Å². The molecule has 0 radical (unpaired) electrons. The standard InChI is InChI=1S/C8H19N3O2S/c1-3-10-14(12,13)11-6-4-5-8(7-11)9-2/h8-10H,3-7H2,1-2H3. The number of rotatable bonds is 4. The molecule has 0 aromatic heterocycles. The fraction of sp³-hybridized carbons (Fsp3) is 1.00. The lowest BCUT2D eigenvalue weighted by Crippen LogP contribution is -2.50. The van der Waals surface area contributed by atoms with Crippen molar-refractivity contribution in [3.05, 3.63) is 0 Å². The summed E-state index contributed by atoms with van der Waals surface area (Å²) in [5.41, 5.74) is 0. The maximum absolute atomic E-state index is 11.6. The van der Waals surface area contributed by atoms with Crippen molar-refractivity contribution in [2.45, 2.75) is 25.8 Å². The van der Waals surface area contributed by atoms with Crippen molar-refractivity contribution >= 4 is 10.2 Å². The molecule has 1 aliphatic rings. The molecule has 0 amide bonds. The van der Waals surface area contributed by atoms with Gasteiger partial charge in [-0.2, -0.15) is 12.7 Å². The van der Waals surface area contributed by atoms with E-state index in [1.54, 1.807) is 6.92 Å². The van der Waals surface area contributed by atoms with E-state index in [1.165, 1.54) is 4.31 Å². The van der Waals surface area contributed by atoms with E-state index >= 15 is 0 Å². The summed E-state index contributed by atoms with van der Waals surface area (Å²) >= 11 is 0. The number of nitrogens with one attached hydrogen (secondary N) is 2. The van der Waals surface area contributed by atoms with Crippen LogP contribution < -0.4 is 10.0 Å². The van der Waals surface area contributed by atoms with Crippen LogP contribution in [0.3, 0.4) is 0 Å². The molecule has 1 fully saturated rings. The van der Waals surface area contributed by atoms with E-state index in [0.29, 0.717) is 19.6 Å². The Hall–Kier alpha value is -0.170. The SMILES string of the molecule is CCNS(=O)(=O)N1CCCC(NC)C1. The molecule has 1 rings (SSSR count). The van der Waals surface area contributed by atoms with E-state index in [-0.39, 0.29) is 6.04 Å². The van der Waals surface area contributed by atoms with Crippen LogP contribution >= 0.6 is 0 Å². The predicted molar refractivity (Wildman–Crippen MR) is 56.3 cm³/mol. The summed E-state index contributed by atoms with van der Waals surface area (Å²) in [4.78, 5) is 0. The van der Waals surface area contributed by atoms with Gasteiger partial charge in [-0.15, -0.1) is 0 Å². The molecule has 14 heavy (non-hydrogen) atoms. The molecule has 5 nitrogen and oxygen atoms in total. The summed E-state index contributed by atoms with van der Waals surface area (Å²) < 4.78 is 27.3. The molecule has 1 aliphatic heterocycles. The van der Waals surface area contributed by atoms with Crippen LogP contribution in [0.25, 0.3) is 0 Å². The van der Waals surface area contributed by atoms with Crippen LogP contribution in [0.5, 0.6) is 0 Å². The lowest BCUT2D eigenvalue weighted by atomic mass is 10.1. The summed E-state index contributed by atoms with van der Waals surface area (Å²) in [5, 5.41) is 3.11. The Bertz CT molecular complexity index is 266. The Balaban J connectivity index is 2.59. The van der Waals surface area contributed by atoms with Gasteiger partial charge < -0.3 is 5.32 Å². The molecule has 0 bridgehead atoms. The van der Waals surface area contributed by atoms with E-state index in [4.69, 9.17) is 0 Å². The van der Waals surface area contributed by atoms with Gasteiger partial charge in [0.2, 0.25) is 0 Å². The maximum Gasteiger partial charge on any atom is 0.279 e. The second kappa shape index (κ2) is 5.06. The average molecular weight is 221 g/mol. The molecular formula is C8H19N3O2S. The molecule has 1 atom stereocenters. The maximum atomic E-state index is 11.6. The van der Waals surface area contributed by atoms with Crippen LogP contribution in [-0.4, -0.2) is 45.4 Å². The number of nitrogens with zero attached hydrogens (tertiary/aromatic N) is 1. The minimum atomic E-state index is -3.23. The number of piperidine rings is 1. The van der Waals surface area contributed by atoms with Crippen molar-refractivity contribution in [3.63, 3.8) is 0 Å². The molecule has 1 unspecified atom stereocenters. The highest BCUT2D eigenvalue weighted by Crippen LogP contribution is 2.12. The van der Waals surface area contributed by atoms with Gasteiger partial charge in [0.15, 0.2) is 0 Å². The lowest BCUT2D eigenvalue weighted by molar-refractivity contribution is 0.290. The summed E-state index contributed by atoms with van der Waals surface area (Å²) in [6, 6.07) is 0.289. The number of hydrogen-bond acceptors (Lipinski definition) is 3. The van der Waals surface area contributed by atoms with Gasteiger partial charge in [-0.3, -0.25) is 0 Å². The Morgan fingerprint density at radius 2 is 2.21 bits per heavy atom. The molecule has 0 saturated carbocycles. The van der Waals surface area contributed by atoms with Gasteiger partial charge >= 0.3 is 0 Å². The molecule has 0 spiro atoms. The first-order valence-corrected chi connectivity index (χ1v) is 6.46. The van der Waals surface area contributed by atoms with Crippen LogP contribution in [0, 0.1) is 0 Å². The molecule has 1 saturated heterocycles. The zero-order valence-electron chi connectivity index (χ0n) is 8.78. The van der Waals surface area contributed by atoms with Crippen LogP contribution in [0.2, 0.25) is 0 Å². The van der Waals surface area contributed by atoms with Crippen molar-refractivity contribution in [2.24, 2.45) is 0 Å². The van der Waals surface area contributed by atoms with Gasteiger partial charge in [0, 0.05) is 25.7 Å². The molecule has 0 aromatic rings. The first-order chi connectivity index (χ1) is 6.60.